The van der Waals surface area contributed by atoms with E-state index in [0.717, 1.165) is 21.0 Å². The molecule has 0 aliphatic rings. The number of hydrogen-bond donors (Lipinski definition) is 0. The van der Waals surface area contributed by atoms with E-state index in [4.69, 9.17) is 0 Å². The second kappa shape index (κ2) is 6.27. The van der Waals surface area contributed by atoms with E-state index >= 15 is 0 Å². The van der Waals surface area contributed by atoms with Crippen LogP contribution in [0, 0.1) is 0 Å². The van der Waals surface area contributed by atoms with Crippen LogP contribution < -0.4 is 10.6 Å². The maximum Gasteiger partial charge on any atom is 0.176 e. The fourth-order valence-corrected chi connectivity index (χ4v) is 6.11. The summed E-state index contributed by atoms with van der Waals surface area (Å²) in [4.78, 5) is 0. The largest absolute Gasteiger partial charge is 0.308 e. The van der Waals surface area contributed by atoms with Crippen LogP contribution in [0.2, 0.25) is 0 Å². The number of rotatable bonds is 5. The molecule has 1 nitrogen and oxygen atoms in total. The van der Waals surface area contributed by atoms with Gasteiger partial charge in [0, 0.05) is 15.3 Å². The minimum Gasteiger partial charge on any atom is -0.308 e. The Bertz CT molecular complexity index is 549. The molecule has 0 atom stereocenters. The Balaban J connectivity index is 2.58. The quantitative estimate of drug-likeness (QED) is 0.766. The van der Waals surface area contributed by atoms with Gasteiger partial charge in [-0.05, 0) is 5.75 Å². The molecule has 3 heteroatoms. The molecule has 0 saturated carbocycles. The molecule has 0 aromatic heterocycles. The van der Waals surface area contributed by atoms with Gasteiger partial charge in [-0.25, -0.2) is 0 Å². The lowest BCUT2D eigenvalue weighted by atomic mass is 10.4. The first-order valence-electron chi connectivity index (χ1n) is 6.23. The molecule has 0 bridgehead atoms. The summed E-state index contributed by atoms with van der Waals surface area (Å²) in [6.07, 6.45) is 0. The predicted octanol–water partition coefficient (Wildman–Crippen LogP) is 4.22. The van der Waals surface area contributed by atoms with E-state index in [1.807, 2.05) is 60.7 Å². The van der Waals surface area contributed by atoms with E-state index in [0.29, 0.717) is 0 Å². The summed E-state index contributed by atoms with van der Waals surface area (Å²) in [5.41, 5.74) is 0. The van der Waals surface area contributed by atoms with E-state index in [2.05, 4.69) is 13.5 Å². The van der Waals surface area contributed by atoms with E-state index in [1.54, 1.807) is 11.8 Å². The Morgan fingerprint density at radius 3 is 1.79 bits per heavy atom. The molecule has 2 rings (SSSR count). The molecule has 0 fully saturated rings. The Morgan fingerprint density at radius 1 is 1.00 bits per heavy atom. The molecule has 0 amide bonds. The third-order valence-corrected chi connectivity index (χ3v) is 7.44. The first kappa shape index (κ1) is 14.2. The van der Waals surface area contributed by atoms with Gasteiger partial charge in [-0.15, -0.1) is 11.8 Å². The average Bonchev–Trinajstić information content (AvgIpc) is 2.48. The van der Waals surface area contributed by atoms with E-state index in [-0.39, 0.29) is 0 Å². The lowest BCUT2D eigenvalue weighted by Crippen LogP contribution is -2.16. The molecule has 0 N–H and O–H groups in total. The van der Waals surface area contributed by atoms with Crippen molar-refractivity contribution in [1.82, 2.24) is 0 Å². The number of benzene rings is 2. The van der Waals surface area contributed by atoms with Gasteiger partial charge in [0.05, 0.1) is 0 Å². The van der Waals surface area contributed by atoms with Crippen LogP contribution in [-0.2, 0) is 4.57 Å². The van der Waals surface area contributed by atoms with Crippen molar-refractivity contribution in [1.29, 1.82) is 0 Å². The monoisotopic (exact) mass is 288 g/mol. The number of hydrogen-bond acceptors (Lipinski definition) is 2. The zero-order chi connectivity index (χ0) is 13.7. The van der Waals surface area contributed by atoms with Crippen molar-refractivity contribution in [3.63, 3.8) is 0 Å². The van der Waals surface area contributed by atoms with Crippen molar-refractivity contribution >= 4 is 29.5 Å². The fourth-order valence-electron chi connectivity index (χ4n) is 1.97. The Morgan fingerprint density at radius 2 is 1.42 bits per heavy atom. The fraction of sp³-hybridized carbons (Fsp3) is 0.125. The summed E-state index contributed by atoms with van der Waals surface area (Å²) in [7, 11) is -2.76. The third-order valence-electron chi connectivity index (χ3n) is 2.90. The van der Waals surface area contributed by atoms with Crippen molar-refractivity contribution in [3.05, 3.63) is 71.9 Å². The van der Waals surface area contributed by atoms with Crippen molar-refractivity contribution in [3.8, 4) is 0 Å². The van der Waals surface area contributed by atoms with Crippen molar-refractivity contribution in [2.45, 2.75) is 6.92 Å². The molecule has 98 valence electrons. The Kier molecular flexibility index (Phi) is 4.68. The molecule has 0 spiro atoms. The van der Waals surface area contributed by atoms with Gasteiger partial charge in [-0.3, -0.25) is 0 Å². The Labute approximate surface area is 119 Å². The zero-order valence-corrected chi connectivity index (χ0v) is 12.7. The smallest absolute Gasteiger partial charge is 0.176 e. The highest BCUT2D eigenvalue weighted by Crippen LogP contribution is 2.55. The highest BCUT2D eigenvalue weighted by molar-refractivity contribution is 8.13. The summed E-state index contributed by atoms with van der Waals surface area (Å²) in [5.74, 6) is 0.877. The van der Waals surface area contributed by atoms with Crippen LogP contribution in [0.5, 0.6) is 0 Å². The predicted molar refractivity (Wildman–Crippen MR) is 87.0 cm³/mol. The van der Waals surface area contributed by atoms with Crippen LogP contribution in [0.15, 0.2) is 71.9 Å². The van der Waals surface area contributed by atoms with Gasteiger partial charge in [0.25, 0.3) is 0 Å². The maximum atomic E-state index is 13.6. The molecule has 2 aromatic rings. The van der Waals surface area contributed by atoms with Crippen LogP contribution in [0.25, 0.3) is 0 Å². The van der Waals surface area contributed by atoms with E-state index in [9.17, 15) is 4.57 Å². The summed E-state index contributed by atoms with van der Waals surface area (Å²) in [5, 5.41) is 1.71. The molecular formula is C16H17OPS. The number of thioether (sulfide) groups is 1. The van der Waals surface area contributed by atoms with Crippen LogP contribution >= 0.6 is 18.9 Å². The summed E-state index contributed by atoms with van der Waals surface area (Å²) in [6.45, 7) is 6.12. The standard InChI is InChI=1S/C16H17OPS/c1-3-19-14(2)18(17,15-10-6-4-7-11-15)16-12-8-5-9-13-16/h4-13H,2-3H2,1H3. The van der Waals surface area contributed by atoms with Crippen LogP contribution in [0.1, 0.15) is 6.92 Å². The molecule has 0 aliphatic carbocycles. The molecule has 19 heavy (non-hydrogen) atoms. The van der Waals surface area contributed by atoms with Gasteiger partial charge in [-0.2, -0.15) is 0 Å². The molecule has 0 aliphatic heterocycles. The van der Waals surface area contributed by atoms with Crippen LogP contribution in [0.4, 0.5) is 0 Å². The molecule has 0 unspecified atom stereocenters. The van der Waals surface area contributed by atoms with Crippen LogP contribution in [-0.4, -0.2) is 5.75 Å². The van der Waals surface area contributed by atoms with Crippen LogP contribution in [0.3, 0.4) is 0 Å². The van der Waals surface area contributed by atoms with Gasteiger partial charge < -0.3 is 4.57 Å². The normalized spacial score (nSPS) is 11.2. The zero-order valence-electron chi connectivity index (χ0n) is 11.0. The van der Waals surface area contributed by atoms with Gasteiger partial charge in [-0.1, -0.05) is 74.2 Å². The van der Waals surface area contributed by atoms with Gasteiger partial charge in [0.2, 0.25) is 0 Å². The summed E-state index contributed by atoms with van der Waals surface area (Å²) >= 11 is 1.57. The minimum absolute atomic E-state index is 0.757. The molecule has 2 aromatic carbocycles. The minimum atomic E-state index is -2.76. The van der Waals surface area contributed by atoms with Gasteiger partial charge >= 0.3 is 0 Å². The average molecular weight is 288 g/mol. The van der Waals surface area contributed by atoms with E-state index in [1.165, 1.54) is 0 Å². The van der Waals surface area contributed by atoms with Gasteiger partial charge in [0.1, 0.15) is 0 Å². The van der Waals surface area contributed by atoms with Crippen molar-refractivity contribution in [2.75, 3.05) is 5.75 Å². The molecule has 0 heterocycles. The Hall–Kier alpha value is -1.24. The summed E-state index contributed by atoms with van der Waals surface area (Å²) < 4.78 is 14.3. The molecular weight excluding hydrogens is 271 g/mol. The second-order valence-electron chi connectivity index (χ2n) is 4.11. The SMILES string of the molecule is C=C(SCC)P(=O)(c1ccccc1)c1ccccc1. The first-order valence-corrected chi connectivity index (χ1v) is 8.92. The maximum absolute atomic E-state index is 13.6. The third kappa shape index (κ3) is 2.86. The van der Waals surface area contributed by atoms with Gasteiger partial charge in [0.15, 0.2) is 7.14 Å². The second-order valence-corrected chi connectivity index (χ2v) is 8.56. The lowest BCUT2D eigenvalue weighted by Gasteiger charge is -2.20. The highest BCUT2D eigenvalue weighted by atomic mass is 32.2. The lowest BCUT2D eigenvalue weighted by molar-refractivity contribution is 0.592. The first-order chi connectivity index (χ1) is 9.19. The highest BCUT2D eigenvalue weighted by Gasteiger charge is 2.30. The van der Waals surface area contributed by atoms with E-state index < -0.39 is 7.14 Å². The summed E-state index contributed by atoms with van der Waals surface area (Å²) in [6, 6.07) is 19.3. The topological polar surface area (TPSA) is 17.1 Å². The van der Waals surface area contributed by atoms with Crippen molar-refractivity contribution < 1.29 is 4.57 Å². The molecule has 0 saturated heterocycles. The molecule has 0 radical (unpaired) electrons. The van der Waals surface area contributed by atoms with Crippen molar-refractivity contribution in [2.24, 2.45) is 0 Å².